The van der Waals surface area contributed by atoms with Gasteiger partial charge < -0.3 is 19.7 Å². The second kappa shape index (κ2) is 8.80. The van der Waals surface area contributed by atoms with Crippen LogP contribution in [-0.4, -0.2) is 46.7 Å². The van der Waals surface area contributed by atoms with E-state index in [0.29, 0.717) is 23.5 Å². The first-order valence-electron chi connectivity index (χ1n) is 8.25. The third kappa shape index (κ3) is 4.22. The normalized spacial score (nSPS) is 11.8. The number of carboxylic acid groups (broad SMARTS) is 1. The lowest BCUT2D eigenvalue weighted by Crippen LogP contribution is -2.41. The number of amides is 1. The van der Waals surface area contributed by atoms with Crippen LogP contribution in [-0.2, 0) is 4.79 Å². The van der Waals surface area contributed by atoms with Crippen LogP contribution in [0.25, 0.3) is 5.69 Å². The molecule has 0 aliphatic heterocycles. The third-order valence-corrected chi connectivity index (χ3v) is 4.86. The van der Waals surface area contributed by atoms with Gasteiger partial charge in [-0.1, -0.05) is 12.1 Å². The number of hydrogen-bond donors (Lipinski definition) is 2. The molecule has 0 saturated carbocycles. The highest BCUT2D eigenvalue weighted by Gasteiger charge is 2.23. The van der Waals surface area contributed by atoms with Crippen LogP contribution in [0.4, 0.5) is 0 Å². The first-order valence-corrected chi connectivity index (χ1v) is 9.65. The number of hydrogen-bond acceptors (Lipinski definition) is 4. The zero-order chi connectivity index (χ0) is 19.3. The van der Waals surface area contributed by atoms with Crippen LogP contribution in [0.1, 0.15) is 28.2 Å². The summed E-state index contributed by atoms with van der Waals surface area (Å²) in [5.41, 5.74) is 2.90. The molecule has 140 valence electrons. The molecule has 2 N–H and O–H groups in total. The molecule has 26 heavy (non-hydrogen) atoms. The predicted octanol–water partition coefficient (Wildman–Crippen LogP) is 3.04. The molecule has 0 spiro atoms. The van der Waals surface area contributed by atoms with E-state index in [4.69, 9.17) is 4.74 Å². The van der Waals surface area contributed by atoms with Gasteiger partial charge in [0.25, 0.3) is 5.91 Å². The number of aliphatic carboxylic acids is 1. The molecule has 0 aliphatic carbocycles. The number of carboxylic acids is 1. The summed E-state index contributed by atoms with van der Waals surface area (Å²) in [6.07, 6.45) is 2.29. The van der Waals surface area contributed by atoms with E-state index in [2.05, 4.69) is 5.32 Å². The molecule has 0 aliphatic rings. The number of para-hydroxylation sites is 2. The van der Waals surface area contributed by atoms with E-state index in [1.54, 1.807) is 24.9 Å². The molecule has 0 bridgehead atoms. The SMILES string of the molecule is COc1ccccc1-n1c(C)cc(C(=O)N[C@@H](CCSC)C(=O)O)c1C. The number of carbonyl (C=O) groups excluding carboxylic acids is 1. The van der Waals surface area contributed by atoms with Crippen molar-refractivity contribution in [2.75, 3.05) is 19.1 Å². The first kappa shape index (κ1) is 19.9. The number of benzene rings is 1. The second-order valence-corrected chi connectivity index (χ2v) is 6.92. The van der Waals surface area contributed by atoms with Gasteiger partial charge in [0, 0.05) is 11.4 Å². The Hall–Kier alpha value is -2.41. The summed E-state index contributed by atoms with van der Waals surface area (Å²) < 4.78 is 7.35. The van der Waals surface area contributed by atoms with E-state index in [1.807, 2.05) is 48.9 Å². The van der Waals surface area contributed by atoms with Crippen LogP contribution >= 0.6 is 11.8 Å². The number of nitrogens with zero attached hydrogens (tertiary/aromatic N) is 1. The maximum absolute atomic E-state index is 12.7. The summed E-state index contributed by atoms with van der Waals surface area (Å²) in [6, 6.07) is 8.43. The number of carbonyl (C=O) groups is 2. The van der Waals surface area contributed by atoms with Crippen molar-refractivity contribution in [3.63, 3.8) is 0 Å². The monoisotopic (exact) mass is 376 g/mol. The van der Waals surface area contributed by atoms with Crippen molar-refractivity contribution in [1.82, 2.24) is 9.88 Å². The number of aryl methyl sites for hydroxylation is 1. The van der Waals surface area contributed by atoms with Crippen molar-refractivity contribution < 1.29 is 19.4 Å². The summed E-state index contributed by atoms with van der Waals surface area (Å²) in [5.74, 6) is -0.0411. The van der Waals surface area contributed by atoms with Crippen LogP contribution in [0.15, 0.2) is 30.3 Å². The highest BCUT2D eigenvalue weighted by Crippen LogP contribution is 2.28. The molecule has 1 amide bonds. The quantitative estimate of drug-likeness (QED) is 0.740. The number of nitrogens with one attached hydrogen (secondary N) is 1. The van der Waals surface area contributed by atoms with Gasteiger partial charge in [0.05, 0.1) is 18.4 Å². The minimum atomic E-state index is -1.02. The zero-order valence-electron chi connectivity index (χ0n) is 15.4. The van der Waals surface area contributed by atoms with E-state index in [0.717, 1.165) is 17.1 Å². The summed E-state index contributed by atoms with van der Waals surface area (Å²) in [6.45, 7) is 3.74. The molecule has 0 radical (unpaired) electrons. The van der Waals surface area contributed by atoms with Crippen molar-refractivity contribution in [3.05, 3.63) is 47.3 Å². The predicted molar refractivity (Wildman–Crippen MR) is 104 cm³/mol. The Bertz CT molecular complexity index is 801. The van der Waals surface area contributed by atoms with Gasteiger partial charge in [-0.3, -0.25) is 4.79 Å². The van der Waals surface area contributed by atoms with Crippen LogP contribution in [0.3, 0.4) is 0 Å². The summed E-state index contributed by atoms with van der Waals surface area (Å²) in [7, 11) is 1.60. The van der Waals surface area contributed by atoms with Gasteiger partial charge in [-0.05, 0) is 50.5 Å². The smallest absolute Gasteiger partial charge is 0.326 e. The maximum atomic E-state index is 12.7. The Labute approximate surface area is 157 Å². The molecule has 1 aromatic heterocycles. The van der Waals surface area contributed by atoms with Gasteiger partial charge >= 0.3 is 5.97 Å². The second-order valence-electron chi connectivity index (χ2n) is 5.94. The van der Waals surface area contributed by atoms with Crippen LogP contribution in [0.2, 0.25) is 0 Å². The van der Waals surface area contributed by atoms with Crippen LogP contribution in [0.5, 0.6) is 5.75 Å². The lowest BCUT2D eigenvalue weighted by Gasteiger charge is -2.15. The highest BCUT2D eigenvalue weighted by molar-refractivity contribution is 7.98. The number of rotatable bonds is 8. The number of ether oxygens (including phenoxy) is 1. The fourth-order valence-electron chi connectivity index (χ4n) is 2.91. The first-order chi connectivity index (χ1) is 12.4. The Morgan fingerprint density at radius 2 is 2.00 bits per heavy atom. The van der Waals surface area contributed by atoms with Crippen LogP contribution < -0.4 is 10.1 Å². The van der Waals surface area contributed by atoms with E-state index < -0.39 is 12.0 Å². The number of methoxy groups -OCH3 is 1. The molecule has 2 rings (SSSR count). The van der Waals surface area contributed by atoms with E-state index in [1.165, 1.54) is 0 Å². The van der Waals surface area contributed by atoms with E-state index in [-0.39, 0.29) is 5.91 Å². The van der Waals surface area contributed by atoms with Crippen LogP contribution in [0, 0.1) is 13.8 Å². The van der Waals surface area contributed by atoms with Crippen molar-refractivity contribution in [1.29, 1.82) is 0 Å². The molecule has 1 aromatic carbocycles. The lowest BCUT2D eigenvalue weighted by atomic mass is 10.2. The average Bonchev–Trinajstić information content (AvgIpc) is 2.92. The zero-order valence-corrected chi connectivity index (χ0v) is 16.2. The highest BCUT2D eigenvalue weighted by atomic mass is 32.2. The topological polar surface area (TPSA) is 80.6 Å². The molecule has 6 nitrogen and oxygen atoms in total. The lowest BCUT2D eigenvalue weighted by molar-refractivity contribution is -0.139. The Morgan fingerprint density at radius 1 is 1.31 bits per heavy atom. The Morgan fingerprint density at radius 3 is 2.62 bits per heavy atom. The maximum Gasteiger partial charge on any atom is 0.326 e. The van der Waals surface area contributed by atoms with Crippen molar-refractivity contribution in [2.24, 2.45) is 0 Å². The fraction of sp³-hybridized carbons (Fsp3) is 0.368. The molecule has 0 fully saturated rings. The van der Waals surface area contributed by atoms with Crippen molar-refractivity contribution in [2.45, 2.75) is 26.3 Å². The summed E-state index contributed by atoms with van der Waals surface area (Å²) in [4.78, 5) is 24.1. The fourth-order valence-corrected chi connectivity index (χ4v) is 3.38. The summed E-state index contributed by atoms with van der Waals surface area (Å²) >= 11 is 1.55. The van der Waals surface area contributed by atoms with E-state index in [9.17, 15) is 14.7 Å². The number of aromatic nitrogens is 1. The standard InChI is InChI=1S/C19H24N2O4S/c1-12-11-14(18(22)20-15(19(23)24)9-10-26-4)13(2)21(12)16-7-5-6-8-17(16)25-3/h5-8,11,15H,9-10H2,1-4H3,(H,20,22)(H,23,24)/t15-/m0/s1. The van der Waals surface area contributed by atoms with Gasteiger partial charge in [-0.2, -0.15) is 11.8 Å². The molecule has 0 unspecified atom stereocenters. The molecule has 1 atom stereocenters. The van der Waals surface area contributed by atoms with Crippen molar-refractivity contribution >= 4 is 23.6 Å². The van der Waals surface area contributed by atoms with Gasteiger partial charge in [0.1, 0.15) is 11.8 Å². The molecule has 1 heterocycles. The molecular weight excluding hydrogens is 352 g/mol. The minimum Gasteiger partial charge on any atom is -0.495 e. The molecular formula is C19H24N2O4S. The Balaban J connectivity index is 2.34. The minimum absolute atomic E-state index is 0.382. The largest absolute Gasteiger partial charge is 0.495 e. The van der Waals surface area contributed by atoms with Crippen molar-refractivity contribution in [3.8, 4) is 11.4 Å². The molecule has 2 aromatic rings. The summed E-state index contributed by atoms with van der Waals surface area (Å²) in [5, 5.41) is 12.0. The van der Waals surface area contributed by atoms with Gasteiger partial charge in [-0.25, -0.2) is 4.79 Å². The number of thioether (sulfide) groups is 1. The average molecular weight is 376 g/mol. The molecule has 7 heteroatoms. The van der Waals surface area contributed by atoms with E-state index >= 15 is 0 Å². The Kier molecular flexibility index (Phi) is 6.74. The molecule has 0 saturated heterocycles. The van der Waals surface area contributed by atoms with Gasteiger partial charge in [0.2, 0.25) is 0 Å². The third-order valence-electron chi connectivity index (χ3n) is 4.22. The van der Waals surface area contributed by atoms with Gasteiger partial charge in [-0.15, -0.1) is 0 Å². The van der Waals surface area contributed by atoms with Gasteiger partial charge in [0.15, 0.2) is 0 Å².